The molecule has 0 atom stereocenters. The fourth-order valence-electron chi connectivity index (χ4n) is 1.92. The molecule has 0 spiro atoms. The number of halogens is 1. The molecular weight excluding hydrogens is 259 g/mol. The van der Waals surface area contributed by atoms with E-state index in [0.717, 1.165) is 18.5 Å². The summed E-state index contributed by atoms with van der Waals surface area (Å²) in [4.78, 5) is 0. The van der Waals surface area contributed by atoms with E-state index in [1.807, 2.05) is 6.92 Å². The number of anilines is 1. The lowest BCUT2D eigenvalue weighted by molar-refractivity contribution is 0.427. The van der Waals surface area contributed by atoms with E-state index in [2.05, 4.69) is 5.10 Å². The van der Waals surface area contributed by atoms with Gasteiger partial charge in [0.2, 0.25) is 5.88 Å². The van der Waals surface area contributed by atoms with Crippen LogP contribution in [-0.2, 0) is 13.5 Å². The summed E-state index contributed by atoms with van der Waals surface area (Å²) in [6.45, 7) is 2.02. The van der Waals surface area contributed by atoms with Gasteiger partial charge < -0.3 is 10.5 Å². The number of rotatable bonds is 4. The lowest BCUT2D eigenvalue weighted by Crippen LogP contribution is -1.99. The fraction of sp³-hybridized carbons (Fsp3) is 0.286. The van der Waals surface area contributed by atoms with Gasteiger partial charge >= 0.3 is 0 Å². The summed E-state index contributed by atoms with van der Waals surface area (Å²) in [7, 11) is 1.69. The highest BCUT2D eigenvalue weighted by Crippen LogP contribution is 2.32. The molecule has 6 heteroatoms. The first-order valence-electron chi connectivity index (χ1n) is 6.26. The van der Waals surface area contributed by atoms with E-state index in [1.54, 1.807) is 13.1 Å². The average molecular weight is 274 g/mol. The molecular formula is C14H15FN4O. The minimum Gasteiger partial charge on any atom is -0.436 e. The number of aryl methyl sites for hydroxylation is 2. The van der Waals surface area contributed by atoms with E-state index in [0.29, 0.717) is 11.6 Å². The van der Waals surface area contributed by atoms with Crippen LogP contribution in [0.4, 0.5) is 10.1 Å². The number of nitrogens with two attached hydrogens (primary N) is 1. The van der Waals surface area contributed by atoms with Gasteiger partial charge in [-0.05, 0) is 18.6 Å². The Kier molecular flexibility index (Phi) is 3.89. The number of benzene rings is 1. The van der Waals surface area contributed by atoms with Crippen LogP contribution >= 0.6 is 0 Å². The van der Waals surface area contributed by atoms with Gasteiger partial charge in [-0.15, -0.1) is 0 Å². The SMILES string of the molecule is CCCc1nn(C)c(Oc2cccc(F)c2C#N)c1N. The van der Waals surface area contributed by atoms with Crippen molar-refractivity contribution in [3.05, 3.63) is 35.3 Å². The summed E-state index contributed by atoms with van der Waals surface area (Å²) in [6.07, 6.45) is 1.64. The van der Waals surface area contributed by atoms with Crippen molar-refractivity contribution in [2.24, 2.45) is 7.05 Å². The number of hydrogen-bond donors (Lipinski definition) is 1. The van der Waals surface area contributed by atoms with E-state index < -0.39 is 5.82 Å². The van der Waals surface area contributed by atoms with E-state index in [4.69, 9.17) is 15.7 Å². The summed E-state index contributed by atoms with van der Waals surface area (Å²) in [6, 6.07) is 5.99. The molecule has 20 heavy (non-hydrogen) atoms. The minimum absolute atomic E-state index is 0.130. The predicted octanol–water partition coefficient (Wildman–Crippen LogP) is 2.76. The monoisotopic (exact) mass is 274 g/mol. The standard InChI is InChI=1S/C14H15FN4O/c1-3-5-11-13(17)14(19(2)18-11)20-12-7-4-6-10(15)9(12)8-16/h4,6-7H,3,5,17H2,1-2H3. The van der Waals surface area contributed by atoms with Crippen LogP contribution in [0.3, 0.4) is 0 Å². The van der Waals surface area contributed by atoms with Crippen molar-refractivity contribution in [2.45, 2.75) is 19.8 Å². The summed E-state index contributed by atoms with van der Waals surface area (Å²) < 4.78 is 20.6. The first kappa shape index (κ1) is 13.9. The molecule has 0 amide bonds. The number of nitriles is 1. The van der Waals surface area contributed by atoms with Crippen LogP contribution < -0.4 is 10.5 Å². The summed E-state index contributed by atoms with van der Waals surface area (Å²) in [5, 5.41) is 13.2. The molecule has 2 N–H and O–H groups in total. The van der Waals surface area contributed by atoms with Crippen LogP contribution in [0.15, 0.2) is 18.2 Å². The van der Waals surface area contributed by atoms with Crippen molar-refractivity contribution in [2.75, 3.05) is 5.73 Å². The molecule has 0 bridgehead atoms. The molecule has 1 aromatic carbocycles. The second-order valence-corrected chi connectivity index (χ2v) is 4.37. The number of hydrogen-bond acceptors (Lipinski definition) is 4. The van der Waals surface area contributed by atoms with Crippen LogP contribution in [0, 0.1) is 17.1 Å². The molecule has 104 valence electrons. The van der Waals surface area contributed by atoms with Crippen molar-refractivity contribution in [1.29, 1.82) is 5.26 Å². The average Bonchev–Trinajstić information content (AvgIpc) is 2.67. The smallest absolute Gasteiger partial charge is 0.241 e. The Hall–Kier alpha value is -2.55. The molecule has 1 aromatic heterocycles. The van der Waals surface area contributed by atoms with Crippen molar-refractivity contribution in [1.82, 2.24) is 9.78 Å². The Morgan fingerprint density at radius 2 is 2.25 bits per heavy atom. The van der Waals surface area contributed by atoms with Crippen molar-refractivity contribution in [3.8, 4) is 17.7 Å². The normalized spacial score (nSPS) is 10.3. The van der Waals surface area contributed by atoms with Crippen molar-refractivity contribution in [3.63, 3.8) is 0 Å². The van der Waals surface area contributed by atoms with Gasteiger partial charge in [0.15, 0.2) is 0 Å². The third-order valence-electron chi connectivity index (χ3n) is 2.89. The minimum atomic E-state index is -0.625. The molecule has 0 aliphatic carbocycles. The van der Waals surface area contributed by atoms with E-state index >= 15 is 0 Å². The van der Waals surface area contributed by atoms with Crippen LogP contribution in [0.5, 0.6) is 11.6 Å². The van der Waals surface area contributed by atoms with Gasteiger partial charge in [0.25, 0.3) is 0 Å². The molecule has 5 nitrogen and oxygen atoms in total. The second-order valence-electron chi connectivity index (χ2n) is 4.37. The van der Waals surface area contributed by atoms with E-state index in [-0.39, 0.29) is 11.3 Å². The van der Waals surface area contributed by atoms with Crippen LogP contribution in [0.1, 0.15) is 24.6 Å². The molecule has 2 rings (SSSR count). The predicted molar refractivity (Wildman–Crippen MR) is 72.8 cm³/mol. The first-order valence-corrected chi connectivity index (χ1v) is 6.26. The molecule has 0 saturated heterocycles. The fourth-order valence-corrected chi connectivity index (χ4v) is 1.92. The second kappa shape index (κ2) is 5.61. The summed E-state index contributed by atoms with van der Waals surface area (Å²) >= 11 is 0. The maximum atomic E-state index is 13.5. The highest BCUT2D eigenvalue weighted by molar-refractivity contribution is 5.56. The highest BCUT2D eigenvalue weighted by atomic mass is 19.1. The maximum absolute atomic E-state index is 13.5. The molecule has 0 saturated carbocycles. The zero-order valence-electron chi connectivity index (χ0n) is 11.4. The van der Waals surface area contributed by atoms with Crippen LogP contribution in [0.2, 0.25) is 0 Å². The highest BCUT2D eigenvalue weighted by Gasteiger charge is 2.17. The molecule has 1 heterocycles. The number of aromatic nitrogens is 2. The van der Waals surface area contributed by atoms with Gasteiger partial charge in [0.05, 0.1) is 5.69 Å². The summed E-state index contributed by atoms with van der Waals surface area (Å²) in [5.41, 5.74) is 6.99. The molecule has 0 aliphatic rings. The van der Waals surface area contributed by atoms with Crippen molar-refractivity contribution < 1.29 is 9.13 Å². The molecule has 0 unspecified atom stereocenters. The zero-order chi connectivity index (χ0) is 14.7. The summed E-state index contributed by atoms with van der Waals surface area (Å²) in [5.74, 6) is -0.180. The molecule has 2 aromatic rings. The van der Waals surface area contributed by atoms with E-state index in [9.17, 15) is 4.39 Å². The van der Waals surface area contributed by atoms with Gasteiger partial charge in [-0.25, -0.2) is 9.07 Å². The Morgan fingerprint density at radius 1 is 1.50 bits per heavy atom. The largest absolute Gasteiger partial charge is 0.436 e. The van der Waals surface area contributed by atoms with E-state index in [1.165, 1.54) is 22.9 Å². The number of nitrogens with zero attached hydrogens (tertiary/aromatic N) is 3. The zero-order valence-corrected chi connectivity index (χ0v) is 11.4. The Balaban J connectivity index is 2.41. The lowest BCUT2D eigenvalue weighted by Gasteiger charge is -2.08. The third-order valence-corrected chi connectivity index (χ3v) is 2.89. The first-order chi connectivity index (χ1) is 9.58. The number of ether oxygens (including phenoxy) is 1. The van der Waals surface area contributed by atoms with Gasteiger partial charge in [0.1, 0.15) is 28.9 Å². The number of nitrogen functional groups attached to an aromatic ring is 1. The quantitative estimate of drug-likeness (QED) is 0.930. The van der Waals surface area contributed by atoms with Gasteiger partial charge in [0, 0.05) is 7.05 Å². The van der Waals surface area contributed by atoms with Gasteiger partial charge in [-0.3, -0.25) is 0 Å². The molecule has 0 fully saturated rings. The van der Waals surface area contributed by atoms with Crippen LogP contribution in [0.25, 0.3) is 0 Å². The Morgan fingerprint density at radius 3 is 2.90 bits per heavy atom. The maximum Gasteiger partial charge on any atom is 0.241 e. The van der Waals surface area contributed by atoms with Gasteiger partial charge in [-0.2, -0.15) is 10.4 Å². The van der Waals surface area contributed by atoms with Gasteiger partial charge in [-0.1, -0.05) is 19.4 Å². The Labute approximate surface area is 116 Å². The molecule has 0 radical (unpaired) electrons. The Bertz CT molecular complexity index is 673. The topological polar surface area (TPSA) is 76.9 Å². The lowest BCUT2D eigenvalue weighted by atomic mass is 10.2. The molecule has 0 aliphatic heterocycles. The third kappa shape index (κ3) is 2.43. The van der Waals surface area contributed by atoms with Crippen molar-refractivity contribution >= 4 is 5.69 Å². The van der Waals surface area contributed by atoms with Crippen LogP contribution in [-0.4, -0.2) is 9.78 Å².